The van der Waals surface area contributed by atoms with Gasteiger partial charge in [0.2, 0.25) is 11.1 Å². The van der Waals surface area contributed by atoms with E-state index in [1.807, 2.05) is 41.9 Å². The van der Waals surface area contributed by atoms with Gasteiger partial charge in [-0.05, 0) is 44.0 Å². The molecule has 1 N–H and O–H groups in total. The molecule has 0 aliphatic heterocycles. The summed E-state index contributed by atoms with van der Waals surface area (Å²) < 4.78 is 7.23. The molecule has 7 heteroatoms. The Balaban J connectivity index is 1.49. The number of carbonyl (C=O) groups is 1. The Labute approximate surface area is 175 Å². The van der Waals surface area contributed by atoms with Crippen molar-refractivity contribution in [1.29, 1.82) is 0 Å². The van der Waals surface area contributed by atoms with Crippen molar-refractivity contribution >= 4 is 17.7 Å². The summed E-state index contributed by atoms with van der Waals surface area (Å²) >= 11 is 1.40. The SMILES string of the molecule is CC(Sc1nc(C2CCCCC2)n(-c2ccccc2)n1)C(=O)NCc1ccco1. The summed E-state index contributed by atoms with van der Waals surface area (Å²) in [6.07, 6.45) is 7.67. The van der Waals surface area contributed by atoms with E-state index in [1.165, 1.54) is 31.0 Å². The monoisotopic (exact) mass is 410 g/mol. The Kier molecular flexibility index (Phi) is 6.34. The molecular formula is C22H26N4O2S. The third kappa shape index (κ3) is 4.90. The minimum absolute atomic E-state index is 0.0540. The van der Waals surface area contributed by atoms with Crippen molar-refractivity contribution in [2.45, 2.75) is 61.9 Å². The van der Waals surface area contributed by atoms with E-state index in [2.05, 4.69) is 17.4 Å². The zero-order valence-corrected chi connectivity index (χ0v) is 17.4. The molecule has 3 aromatic rings. The minimum atomic E-state index is -0.296. The Morgan fingerprint density at radius 2 is 2.00 bits per heavy atom. The zero-order chi connectivity index (χ0) is 20.1. The van der Waals surface area contributed by atoms with E-state index in [1.54, 1.807) is 6.26 Å². The van der Waals surface area contributed by atoms with Crippen LogP contribution >= 0.6 is 11.8 Å². The molecule has 6 nitrogen and oxygen atoms in total. The fourth-order valence-corrected chi connectivity index (χ4v) is 4.46. The average Bonchev–Trinajstić information content (AvgIpc) is 3.43. The van der Waals surface area contributed by atoms with E-state index in [-0.39, 0.29) is 11.2 Å². The second-order valence-electron chi connectivity index (χ2n) is 7.39. The van der Waals surface area contributed by atoms with E-state index in [0.29, 0.717) is 17.6 Å². The molecule has 152 valence electrons. The number of nitrogens with zero attached hydrogens (tertiary/aromatic N) is 3. The van der Waals surface area contributed by atoms with Crippen LogP contribution in [0.2, 0.25) is 0 Å². The summed E-state index contributed by atoms with van der Waals surface area (Å²) in [5.41, 5.74) is 1.02. The van der Waals surface area contributed by atoms with Crippen LogP contribution in [0.5, 0.6) is 0 Å². The Morgan fingerprint density at radius 3 is 2.72 bits per heavy atom. The van der Waals surface area contributed by atoms with E-state index < -0.39 is 0 Å². The molecule has 0 radical (unpaired) electrons. The Bertz CT molecular complexity index is 918. The molecule has 1 aliphatic carbocycles. The van der Waals surface area contributed by atoms with Gasteiger partial charge in [-0.25, -0.2) is 9.67 Å². The first-order valence-electron chi connectivity index (χ1n) is 10.2. The molecule has 2 aromatic heterocycles. The number of hydrogen-bond donors (Lipinski definition) is 1. The van der Waals surface area contributed by atoms with Crippen LogP contribution in [-0.2, 0) is 11.3 Å². The van der Waals surface area contributed by atoms with Crippen molar-refractivity contribution in [3.63, 3.8) is 0 Å². The van der Waals surface area contributed by atoms with E-state index in [9.17, 15) is 4.79 Å². The first-order valence-corrected chi connectivity index (χ1v) is 11.1. The van der Waals surface area contributed by atoms with Gasteiger partial charge in [-0.1, -0.05) is 49.2 Å². The summed E-state index contributed by atoms with van der Waals surface area (Å²) in [7, 11) is 0. The number of carbonyl (C=O) groups excluding carboxylic acids is 1. The van der Waals surface area contributed by atoms with Gasteiger partial charge in [0, 0.05) is 5.92 Å². The second kappa shape index (κ2) is 9.31. The lowest BCUT2D eigenvalue weighted by atomic mass is 9.88. The molecule has 1 aromatic carbocycles. The van der Waals surface area contributed by atoms with Crippen LogP contribution in [0.4, 0.5) is 0 Å². The average molecular weight is 411 g/mol. The van der Waals surface area contributed by atoms with Crippen LogP contribution in [0.1, 0.15) is 56.5 Å². The molecule has 1 aliphatic rings. The Hall–Kier alpha value is -2.54. The van der Waals surface area contributed by atoms with Gasteiger partial charge in [0.1, 0.15) is 11.6 Å². The molecule has 1 amide bonds. The van der Waals surface area contributed by atoms with Gasteiger partial charge < -0.3 is 9.73 Å². The number of hydrogen-bond acceptors (Lipinski definition) is 5. The first kappa shape index (κ1) is 19.8. The third-order valence-electron chi connectivity index (χ3n) is 5.25. The van der Waals surface area contributed by atoms with Crippen LogP contribution in [0.25, 0.3) is 5.69 Å². The molecule has 1 unspecified atom stereocenters. The van der Waals surface area contributed by atoms with Gasteiger partial charge >= 0.3 is 0 Å². The lowest BCUT2D eigenvalue weighted by molar-refractivity contribution is -0.120. The highest BCUT2D eigenvalue weighted by atomic mass is 32.2. The lowest BCUT2D eigenvalue weighted by Crippen LogP contribution is -2.30. The molecular weight excluding hydrogens is 384 g/mol. The minimum Gasteiger partial charge on any atom is -0.467 e. The molecule has 1 saturated carbocycles. The van der Waals surface area contributed by atoms with Crippen molar-refractivity contribution in [2.75, 3.05) is 0 Å². The van der Waals surface area contributed by atoms with Gasteiger partial charge in [0.05, 0.1) is 23.7 Å². The fraction of sp³-hybridized carbons (Fsp3) is 0.409. The summed E-state index contributed by atoms with van der Waals surface area (Å²) in [6, 6.07) is 13.8. The van der Waals surface area contributed by atoms with Gasteiger partial charge in [-0.2, -0.15) is 0 Å². The molecule has 4 rings (SSSR count). The topological polar surface area (TPSA) is 73.0 Å². The number of furan rings is 1. The Morgan fingerprint density at radius 1 is 1.21 bits per heavy atom. The van der Waals surface area contributed by atoms with Crippen LogP contribution in [0, 0.1) is 0 Å². The third-order valence-corrected chi connectivity index (χ3v) is 6.20. The standard InChI is InChI=1S/C22H26N4O2S/c1-16(21(27)23-15-19-13-8-14-28-19)29-22-24-20(17-9-4-2-5-10-17)26(25-22)18-11-6-3-7-12-18/h3,6-8,11-14,16-17H,2,4-5,9-10,15H2,1H3,(H,23,27). The van der Waals surface area contributed by atoms with Gasteiger partial charge in [-0.15, -0.1) is 5.10 Å². The summed E-state index contributed by atoms with van der Waals surface area (Å²) in [5.74, 6) is 2.12. The number of nitrogens with one attached hydrogen (secondary N) is 1. The first-order chi connectivity index (χ1) is 14.2. The number of thioether (sulfide) groups is 1. The molecule has 0 bridgehead atoms. The predicted octanol–water partition coefficient (Wildman–Crippen LogP) is 4.71. The van der Waals surface area contributed by atoms with Crippen LogP contribution < -0.4 is 5.32 Å². The summed E-state index contributed by atoms with van der Waals surface area (Å²) in [5, 5.41) is 8.02. The normalized spacial score (nSPS) is 15.9. The van der Waals surface area contributed by atoms with Gasteiger partial charge in [-0.3, -0.25) is 4.79 Å². The number of benzene rings is 1. The lowest BCUT2D eigenvalue weighted by Gasteiger charge is -2.21. The molecule has 29 heavy (non-hydrogen) atoms. The van der Waals surface area contributed by atoms with Crippen molar-refractivity contribution in [2.24, 2.45) is 0 Å². The summed E-state index contributed by atoms with van der Waals surface area (Å²) in [4.78, 5) is 17.3. The molecule has 1 fully saturated rings. The number of aromatic nitrogens is 3. The van der Waals surface area contributed by atoms with E-state index in [0.717, 1.165) is 30.1 Å². The van der Waals surface area contributed by atoms with Crippen molar-refractivity contribution < 1.29 is 9.21 Å². The van der Waals surface area contributed by atoms with Crippen molar-refractivity contribution in [3.8, 4) is 5.69 Å². The van der Waals surface area contributed by atoms with Gasteiger partial charge in [0.15, 0.2) is 0 Å². The van der Waals surface area contributed by atoms with Crippen molar-refractivity contribution in [1.82, 2.24) is 20.1 Å². The van der Waals surface area contributed by atoms with Crippen molar-refractivity contribution in [3.05, 3.63) is 60.3 Å². The van der Waals surface area contributed by atoms with Gasteiger partial charge in [0.25, 0.3) is 0 Å². The highest BCUT2D eigenvalue weighted by Crippen LogP contribution is 2.34. The highest BCUT2D eigenvalue weighted by Gasteiger charge is 2.25. The van der Waals surface area contributed by atoms with Crippen LogP contribution in [0.3, 0.4) is 0 Å². The maximum atomic E-state index is 12.5. The number of para-hydroxylation sites is 1. The zero-order valence-electron chi connectivity index (χ0n) is 16.6. The predicted molar refractivity (Wildman–Crippen MR) is 113 cm³/mol. The quantitative estimate of drug-likeness (QED) is 0.571. The number of rotatable bonds is 7. The molecule has 2 heterocycles. The molecule has 0 spiro atoms. The fourth-order valence-electron chi connectivity index (χ4n) is 3.68. The molecule has 1 atom stereocenters. The van der Waals surface area contributed by atoms with Crippen LogP contribution in [-0.4, -0.2) is 25.9 Å². The maximum absolute atomic E-state index is 12.5. The maximum Gasteiger partial charge on any atom is 0.233 e. The molecule has 0 saturated heterocycles. The second-order valence-corrected chi connectivity index (χ2v) is 8.70. The highest BCUT2D eigenvalue weighted by molar-refractivity contribution is 8.00. The summed E-state index contributed by atoms with van der Waals surface area (Å²) in [6.45, 7) is 2.27. The number of amides is 1. The smallest absolute Gasteiger partial charge is 0.233 e. The van der Waals surface area contributed by atoms with E-state index in [4.69, 9.17) is 14.5 Å². The van der Waals surface area contributed by atoms with E-state index >= 15 is 0 Å². The van der Waals surface area contributed by atoms with Crippen LogP contribution in [0.15, 0.2) is 58.3 Å². The largest absolute Gasteiger partial charge is 0.467 e.